The lowest BCUT2D eigenvalue weighted by Crippen LogP contribution is -2.09. The molecule has 5 heteroatoms. The van der Waals surface area contributed by atoms with E-state index < -0.39 is 11.7 Å². The zero-order valence-corrected chi connectivity index (χ0v) is 9.62. The number of benzene rings is 1. The van der Waals surface area contributed by atoms with Gasteiger partial charge in [-0.2, -0.15) is 13.2 Å². The van der Waals surface area contributed by atoms with Crippen molar-refractivity contribution in [3.63, 3.8) is 0 Å². The maximum absolute atomic E-state index is 12.7. The van der Waals surface area contributed by atoms with Crippen molar-refractivity contribution in [3.05, 3.63) is 47.8 Å². The van der Waals surface area contributed by atoms with Crippen molar-refractivity contribution >= 4 is 5.69 Å². The monoisotopic (exact) mass is 252 g/mol. The van der Waals surface area contributed by atoms with Gasteiger partial charge in [0.1, 0.15) is 0 Å². The zero-order chi connectivity index (χ0) is 13.3. The van der Waals surface area contributed by atoms with Gasteiger partial charge >= 0.3 is 6.18 Å². The van der Waals surface area contributed by atoms with Crippen LogP contribution >= 0.6 is 0 Å². The van der Waals surface area contributed by atoms with Gasteiger partial charge in [-0.25, -0.2) is 0 Å². The summed E-state index contributed by atoms with van der Waals surface area (Å²) in [5, 5.41) is 0. The molecule has 2 rings (SSSR count). The molecule has 1 heterocycles. The third-order valence-electron chi connectivity index (χ3n) is 2.68. The standard InChI is InChI=1S/C13H11F3N2/c1-8-10(3-2-6-18-8)9-4-5-12(17)11(7-9)13(14,15)16/h2-7H,17H2,1H3. The largest absolute Gasteiger partial charge is 0.418 e. The molecule has 18 heavy (non-hydrogen) atoms. The van der Waals surface area contributed by atoms with E-state index >= 15 is 0 Å². The van der Waals surface area contributed by atoms with Crippen LogP contribution in [0.5, 0.6) is 0 Å². The summed E-state index contributed by atoms with van der Waals surface area (Å²) in [4.78, 5) is 4.06. The first-order chi connectivity index (χ1) is 8.39. The second-order valence-electron chi connectivity index (χ2n) is 3.94. The summed E-state index contributed by atoms with van der Waals surface area (Å²) in [6.45, 7) is 1.75. The number of anilines is 1. The molecule has 2 N–H and O–H groups in total. The normalized spacial score (nSPS) is 11.6. The fourth-order valence-electron chi connectivity index (χ4n) is 1.76. The molecule has 0 amide bonds. The Morgan fingerprint density at radius 1 is 1.17 bits per heavy atom. The van der Waals surface area contributed by atoms with Gasteiger partial charge in [-0.05, 0) is 30.7 Å². The van der Waals surface area contributed by atoms with Crippen molar-refractivity contribution in [2.24, 2.45) is 0 Å². The molecule has 0 aliphatic carbocycles. The van der Waals surface area contributed by atoms with Gasteiger partial charge in [0, 0.05) is 23.1 Å². The number of hydrogen-bond donors (Lipinski definition) is 1. The van der Waals surface area contributed by atoms with Crippen LogP contribution in [0, 0.1) is 6.92 Å². The molecule has 0 unspecified atom stereocenters. The number of hydrogen-bond acceptors (Lipinski definition) is 2. The first-order valence-corrected chi connectivity index (χ1v) is 5.28. The summed E-state index contributed by atoms with van der Waals surface area (Å²) < 4.78 is 38.2. The fourth-order valence-corrected chi connectivity index (χ4v) is 1.76. The van der Waals surface area contributed by atoms with Crippen LogP contribution in [0.3, 0.4) is 0 Å². The molecule has 0 spiro atoms. The van der Waals surface area contributed by atoms with E-state index in [1.54, 1.807) is 31.3 Å². The lowest BCUT2D eigenvalue weighted by molar-refractivity contribution is -0.136. The SMILES string of the molecule is Cc1ncccc1-c1ccc(N)c(C(F)(F)F)c1. The highest BCUT2D eigenvalue weighted by atomic mass is 19.4. The topological polar surface area (TPSA) is 38.9 Å². The summed E-state index contributed by atoms with van der Waals surface area (Å²) in [5.41, 5.74) is 6.08. The second kappa shape index (κ2) is 4.33. The Labute approximate surface area is 102 Å². The minimum absolute atomic E-state index is 0.271. The summed E-state index contributed by atoms with van der Waals surface area (Å²) in [6, 6.07) is 7.30. The Balaban J connectivity index is 2.58. The molecular formula is C13H11F3N2. The predicted molar refractivity (Wildman–Crippen MR) is 63.8 cm³/mol. The first kappa shape index (κ1) is 12.4. The Kier molecular flexibility index (Phi) is 2.98. The van der Waals surface area contributed by atoms with Gasteiger partial charge in [0.25, 0.3) is 0 Å². The molecule has 94 valence electrons. The van der Waals surface area contributed by atoms with Crippen LogP contribution in [0.2, 0.25) is 0 Å². The molecule has 0 aliphatic rings. The molecule has 0 radical (unpaired) electrons. The number of halogens is 3. The maximum atomic E-state index is 12.7. The van der Waals surface area contributed by atoms with Gasteiger partial charge in [-0.3, -0.25) is 4.98 Å². The number of aryl methyl sites for hydroxylation is 1. The number of pyridine rings is 1. The van der Waals surface area contributed by atoms with Gasteiger partial charge in [0.2, 0.25) is 0 Å². The number of alkyl halides is 3. The molecule has 0 fully saturated rings. The van der Waals surface area contributed by atoms with Crippen LogP contribution in [0.25, 0.3) is 11.1 Å². The smallest absolute Gasteiger partial charge is 0.398 e. The third-order valence-corrected chi connectivity index (χ3v) is 2.68. The minimum atomic E-state index is -4.45. The maximum Gasteiger partial charge on any atom is 0.418 e. The third kappa shape index (κ3) is 2.30. The summed E-state index contributed by atoms with van der Waals surface area (Å²) in [5.74, 6) is 0. The number of rotatable bonds is 1. The lowest BCUT2D eigenvalue weighted by Gasteiger charge is -2.12. The Morgan fingerprint density at radius 3 is 2.50 bits per heavy atom. The molecule has 0 saturated carbocycles. The number of nitrogens with two attached hydrogens (primary N) is 1. The molecule has 1 aromatic heterocycles. The summed E-state index contributed by atoms with van der Waals surface area (Å²) >= 11 is 0. The van der Waals surface area contributed by atoms with Gasteiger partial charge < -0.3 is 5.73 Å². The van der Waals surface area contributed by atoms with E-state index in [4.69, 9.17) is 5.73 Å². The van der Waals surface area contributed by atoms with Crippen molar-refractivity contribution in [1.82, 2.24) is 4.98 Å². The highest BCUT2D eigenvalue weighted by molar-refractivity contribution is 5.69. The van der Waals surface area contributed by atoms with Crippen LogP contribution in [0.1, 0.15) is 11.3 Å². The van der Waals surface area contributed by atoms with Gasteiger partial charge in [-0.15, -0.1) is 0 Å². The van der Waals surface area contributed by atoms with E-state index in [2.05, 4.69) is 4.98 Å². The summed E-state index contributed by atoms with van der Waals surface area (Å²) in [6.07, 6.45) is -2.85. The highest BCUT2D eigenvalue weighted by Crippen LogP contribution is 2.36. The molecule has 0 atom stereocenters. The van der Waals surface area contributed by atoms with Crippen molar-refractivity contribution in [2.45, 2.75) is 13.1 Å². The second-order valence-corrected chi connectivity index (χ2v) is 3.94. The van der Waals surface area contributed by atoms with E-state index in [0.717, 1.165) is 6.07 Å². The van der Waals surface area contributed by atoms with Crippen molar-refractivity contribution in [1.29, 1.82) is 0 Å². The molecule has 2 nitrogen and oxygen atoms in total. The molecule has 0 aliphatic heterocycles. The van der Waals surface area contributed by atoms with E-state index in [9.17, 15) is 13.2 Å². The van der Waals surface area contributed by atoms with Crippen LogP contribution < -0.4 is 5.73 Å². The first-order valence-electron chi connectivity index (χ1n) is 5.28. The molecular weight excluding hydrogens is 241 g/mol. The molecule has 1 aromatic carbocycles. The van der Waals surface area contributed by atoms with Crippen molar-refractivity contribution < 1.29 is 13.2 Å². The average molecular weight is 252 g/mol. The highest BCUT2D eigenvalue weighted by Gasteiger charge is 2.33. The van der Waals surface area contributed by atoms with Crippen molar-refractivity contribution in [2.75, 3.05) is 5.73 Å². The molecule has 2 aromatic rings. The van der Waals surface area contributed by atoms with E-state index in [1.807, 2.05) is 0 Å². The average Bonchev–Trinajstić information content (AvgIpc) is 2.29. The predicted octanol–water partition coefficient (Wildman–Crippen LogP) is 3.66. The van der Waals surface area contributed by atoms with Gasteiger partial charge in [-0.1, -0.05) is 12.1 Å². The number of aromatic nitrogens is 1. The lowest BCUT2D eigenvalue weighted by atomic mass is 10.0. The number of nitrogens with zero attached hydrogens (tertiary/aromatic N) is 1. The zero-order valence-electron chi connectivity index (χ0n) is 9.62. The van der Waals surface area contributed by atoms with E-state index in [0.29, 0.717) is 16.8 Å². The van der Waals surface area contributed by atoms with Crippen LogP contribution in [0.4, 0.5) is 18.9 Å². The summed E-state index contributed by atoms with van der Waals surface area (Å²) in [7, 11) is 0. The van der Waals surface area contributed by atoms with Crippen molar-refractivity contribution in [3.8, 4) is 11.1 Å². The van der Waals surface area contributed by atoms with Crippen LogP contribution in [-0.2, 0) is 6.18 Å². The van der Waals surface area contributed by atoms with E-state index in [1.165, 1.54) is 6.07 Å². The minimum Gasteiger partial charge on any atom is -0.398 e. The Morgan fingerprint density at radius 2 is 1.89 bits per heavy atom. The fraction of sp³-hybridized carbons (Fsp3) is 0.154. The Hall–Kier alpha value is -2.04. The molecule has 0 saturated heterocycles. The van der Waals surface area contributed by atoms with Gasteiger partial charge in [0.15, 0.2) is 0 Å². The number of nitrogen functional groups attached to an aromatic ring is 1. The van der Waals surface area contributed by atoms with E-state index in [-0.39, 0.29) is 5.69 Å². The van der Waals surface area contributed by atoms with Crippen LogP contribution in [0.15, 0.2) is 36.5 Å². The Bertz CT molecular complexity index is 577. The van der Waals surface area contributed by atoms with Gasteiger partial charge in [0.05, 0.1) is 5.56 Å². The quantitative estimate of drug-likeness (QED) is 0.786. The van der Waals surface area contributed by atoms with Crippen LogP contribution in [-0.4, -0.2) is 4.98 Å². The molecule has 0 bridgehead atoms.